The van der Waals surface area contributed by atoms with Gasteiger partial charge in [-0.15, -0.1) is 0 Å². The smallest absolute Gasteiger partial charge is 0.165 e. The van der Waals surface area contributed by atoms with Crippen molar-refractivity contribution in [2.24, 2.45) is 0 Å². The van der Waals surface area contributed by atoms with Gasteiger partial charge in [-0.25, -0.2) is 15.0 Å². The standard InChI is InChI=1S/C25H26N6O3/c1-15(33)20-21(16-7-9-25(34,14-32)10-8-16)30-24-19(13-29-31(24)22(20)26)18-11-27-23(28-12-18)17-5-3-2-4-6-17/h2-6,11-13,16,32,34H,7-10,14,26H2,1H3. The lowest BCUT2D eigenvalue weighted by Crippen LogP contribution is -2.37. The number of hydrogen-bond donors (Lipinski definition) is 3. The van der Waals surface area contributed by atoms with E-state index in [1.807, 2.05) is 30.3 Å². The molecule has 0 amide bonds. The van der Waals surface area contributed by atoms with Crippen molar-refractivity contribution >= 4 is 17.2 Å². The molecule has 0 spiro atoms. The van der Waals surface area contributed by atoms with E-state index in [0.717, 1.165) is 11.1 Å². The first-order valence-corrected chi connectivity index (χ1v) is 11.3. The number of nitrogen functional groups attached to an aromatic ring is 1. The van der Waals surface area contributed by atoms with Crippen LogP contribution in [0.2, 0.25) is 0 Å². The summed E-state index contributed by atoms with van der Waals surface area (Å²) in [5.41, 5.74) is 9.20. The zero-order valence-corrected chi connectivity index (χ0v) is 18.8. The average molecular weight is 459 g/mol. The van der Waals surface area contributed by atoms with Crippen LogP contribution in [0, 0.1) is 0 Å². The van der Waals surface area contributed by atoms with Gasteiger partial charge >= 0.3 is 0 Å². The molecule has 1 aliphatic carbocycles. The molecule has 4 aromatic rings. The quantitative estimate of drug-likeness (QED) is 0.388. The lowest BCUT2D eigenvalue weighted by Gasteiger charge is -2.34. The van der Waals surface area contributed by atoms with Gasteiger partial charge in [0.1, 0.15) is 5.82 Å². The van der Waals surface area contributed by atoms with E-state index < -0.39 is 5.60 Å². The average Bonchev–Trinajstić information content (AvgIpc) is 3.29. The minimum atomic E-state index is -1.08. The summed E-state index contributed by atoms with van der Waals surface area (Å²) in [6.07, 6.45) is 7.16. The highest BCUT2D eigenvalue weighted by Crippen LogP contribution is 2.40. The van der Waals surface area contributed by atoms with Crippen LogP contribution in [0.25, 0.3) is 28.2 Å². The first-order valence-electron chi connectivity index (χ1n) is 11.3. The van der Waals surface area contributed by atoms with Crippen molar-refractivity contribution in [2.45, 2.75) is 44.1 Å². The number of carbonyl (C=O) groups excluding carboxylic acids is 1. The van der Waals surface area contributed by atoms with Crippen LogP contribution >= 0.6 is 0 Å². The molecule has 3 heterocycles. The van der Waals surface area contributed by atoms with Gasteiger partial charge in [0.25, 0.3) is 0 Å². The first-order chi connectivity index (χ1) is 16.4. The minimum absolute atomic E-state index is 0.0579. The third-order valence-corrected chi connectivity index (χ3v) is 6.65. The van der Waals surface area contributed by atoms with Crippen molar-refractivity contribution in [1.29, 1.82) is 0 Å². The molecule has 174 valence electrons. The van der Waals surface area contributed by atoms with Crippen molar-refractivity contribution in [3.05, 3.63) is 60.2 Å². The summed E-state index contributed by atoms with van der Waals surface area (Å²) >= 11 is 0. The maximum atomic E-state index is 12.5. The number of nitrogens with two attached hydrogens (primary N) is 1. The normalized spacial score (nSPS) is 20.5. The Kier molecular flexibility index (Phi) is 5.59. The summed E-state index contributed by atoms with van der Waals surface area (Å²) < 4.78 is 1.48. The molecule has 4 N–H and O–H groups in total. The number of aromatic nitrogens is 5. The van der Waals surface area contributed by atoms with Crippen molar-refractivity contribution in [3.8, 4) is 22.5 Å². The van der Waals surface area contributed by atoms with Gasteiger partial charge in [-0.3, -0.25) is 4.79 Å². The summed E-state index contributed by atoms with van der Waals surface area (Å²) in [5, 5.41) is 24.3. The SMILES string of the molecule is CC(=O)c1c(C2CCC(O)(CO)CC2)nc2c(-c3cnc(-c4ccccc4)nc3)cnn2c1N. The van der Waals surface area contributed by atoms with E-state index >= 15 is 0 Å². The molecule has 3 aromatic heterocycles. The van der Waals surface area contributed by atoms with Crippen LogP contribution in [0.15, 0.2) is 48.9 Å². The van der Waals surface area contributed by atoms with E-state index in [0.29, 0.717) is 54.0 Å². The van der Waals surface area contributed by atoms with Crippen LogP contribution in [0.3, 0.4) is 0 Å². The summed E-state index contributed by atoms with van der Waals surface area (Å²) in [7, 11) is 0. The first kappa shape index (κ1) is 22.1. The van der Waals surface area contributed by atoms with Gasteiger partial charge in [0, 0.05) is 35.0 Å². The Labute approximate surface area is 196 Å². The lowest BCUT2D eigenvalue weighted by molar-refractivity contribution is -0.0458. The van der Waals surface area contributed by atoms with Crippen LogP contribution in [0.1, 0.15) is 54.6 Å². The highest BCUT2D eigenvalue weighted by Gasteiger charge is 2.36. The molecule has 34 heavy (non-hydrogen) atoms. The van der Waals surface area contributed by atoms with Crippen molar-refractivity contribution < 1.29 is 15.0 Å². The van der Waals surface area contributed by atoms with Gasteiger partial charge in [0.05, 0.1) is 29.7 Å². The summed E-state index contributed by atoms with van der Waals surface area (Å²) in [6.45, 7) is 1.19. The molecule has 0 bridgehead atoms. The Hall–Kier alpha value is -3.69. The summed E-state index contributed by atoms with van der Waals surface area (Å²) in [5.74, 6) is 0.616. The van der Waals surface area contributed by atoms with Crippen LogP contribution in [0.5, 0.6) is 0 Å². The number of benzene rings is 1. The molecule has 1 aliphatic rings. The Morgan fingerprint density at radius 1 is 1.12 bits per heavy atom. The number of aliphatic hydroxyl groups is 2. The minimum Gasteiger partial charge on any atom is -0.393 e. The molecule has 5 rings (SSSR count). The van der Waals surface area contributed by atoms with Crippen molar-refractivity contribution in [3.63, 3.8) is 0 Å². The Bertz CT molecular complexity index is 1340. The molecular weight excluding hydrogens is 432 g/mol. The van der Waals surface area contributed by atoms with Crippen LogP contribution in [-0.2, 0) is 0 Å². The highest BCUT2D eigenvalue weighted by atomic mass is 16.3. The maximum Gasteiger partial charge on any atom is 0.165 e. The summed E-state index contributed by atoms with van der Waals surface area (Å²) in [4.78, 5) is 26.4. The molecular formula is C25H26N6O3. The second kappa shape index (κ2) is 8.58. The number of ketones is 1. The predicted molar refractivity (Wildman–Crippen MR) is 127 cm³/mol. The Morgan fingerprint density at radius 2 is 1.79 bits per heavy atom. The number of carbonyl (C=O) groups is 1. The zero-order chi connectivity index (χ0) is 23.9. The molecule has 0 aliphatic heterocycles. The fourth-order valence-electron chi connectivity index (χ4n) is 4.68. The van der Waals surface area contributed by atoms with E-state index in [1.54, 1.807) is 18.6 Å². The van der Waals surface area contributed by atoms with E-state index in [1.165, 1.54) is 11.4 Å². The topological polar surface area (TPSA) is 140 Å². The third-order valence-electron chi connectivity index (χ3n) is 6.65. The van der Waals surface area contributed by atoms with Gasteiger partial charge in [-0.2, -0.15) is 9.61 Å². The number of rotatable bonds is 5. The monoisotopic (exact) mass is 458 g/mol. The van der Waals surface area contributed by atoms with E-state index in [2.05, 4.69) is 15.1 Å². The molecule has 0 unspecified atom stereocenters. The largest absolute Gasteiger partial charge is 0.393 e. The van der Waals surface area contributed by atoms with Gasteiger partial charge in [0.15, 0.2) is 17.3 Å². The maximum absolute atomic E-state index is 12.5. The van der Waals surface area contributed by atoms with Crippen LogP contribution < -0.4 is 5.73 Å². The molecule has 1 aromatic carbocycles. The van der Waals surface area contributed by atoms with Crippen LogP contribution in [0.4, 0.5) is 5.82 Å². The molecule has 1 saturated carbocycles. The highest BCUT2D eigenvalue weighted by molar-refractivity contribution is 6.00. The van der Waals surface area contributed by atoms with Crippen molar-refractivity contribution in [2.75, 3.05) is 12.3 Å². The molecule has 0 atom stereocenters. The molecule has 0 saturated heterocycles. The van der Waals surface area contributed by atoms with Crippen LogP contribution in [-0.4, -0.2) is 52.8 Å². The lowest BCUT2D eigenvalue weighted by atomic mass is 9.77. The van der Waals surface area contributed by atoms with E-state index in [4.69, 9.17) is 10.7 Å². The number of fused-ring (bicyclic) bond motifs is 1. The van der Waals surface area contributed by atoms with E-state index in [9.17, 15) is 15.0 Å². The predicted octanol–water partition coefficient (Wildman–Crippen LogP) is 3.02. The number of nitrogens with zero attached hydrogens (tertiary/aromatic N) is 5. The van der Waals surface area contributed by atoms with Gasteiger partial charge in [0.2, 0.25) is 0 Å². The zero-order valence-electron chi connectivity index (χ0n) is 18.8. The van der Waals surface area contributed by atoms with Gasteiger partial charge < -0.3 is 15.9 Å². The molecule has 9 nitrogen and oxygen atoms in total. The number of Topliss-reactive ketones (excluding diaryl/α,β-unsaturated/α-hetero) is 1. The van der Waals surface area contributed by atoms with Gasteiger partial charge in [-0.1, -0.05) is 30.3 Å². The molecule has 9 heteroatoms. The number of hydrogen-bond acceptors (Lipinski definition) is 8. The van der Waals surface area contributed by atoms with Crippen molar-refractivity contribution in [1.82, 2.24) is 24.6 Å². The van der Waals surface area contributed by atoms with Gasteiger partial charge in [-0.05, 0) is 32.6 Å². The Morgan fingerprint density at radius 3 is 2.41 bits per heavy atom. The molecule has 1 fully saturated rings. The summed E-state index contributed by atoms with van der Waals surface area (Å²) in [6, 6.07) is 9.71. The number of aliphatic hydroxyl groups excluding tert-OH is 1. The Balaban J connectivity index is 1.57. The fraction of sp³-hybridized carbons (Fsp3) is 0.320. The molecule has 0 radical (unpaired) electrons. The second-order valence-corrected chi connectivity index (χ2v) is 8.93. The third kappa shape index (κ3) is 3.82. The fourth-order valence-corrected chi connectivity index (χ4v) is 4.68. The number of anilines is 1. The van der Waals surface area contributed by atoms with E-state index in [-0.39, 0.29) is 24.1 Å². The second-order valence-electron chi connectivity index (χ2n) is 8.93.